The van der Waals surface area contributed by atoms with Crippen LogP contribution in [0.5, 0.6) is 0 Å². The van der Waals surface area contributed by atoms with Crippen LogP contribution in [0, 0.1) is 0 Å². The van der Waals surface area contributed by atoms with E-state index in [9.17, 15) is 9.90 Å². The van der Waals surface area contributed by atoms with Crippen LogP contribution < -0.4 is 0 Å². The van der Waals surface area contributed by atoms with Crippen LogP contribution in [0.1, 0.15) is 31.3 Å². The standard InChI is InChI=1S/C12H19ClN2O2/c1-5-15-7-9(13)6-10(15)11(17)14(4)12(2,3)8-16/h6-7,16H,5,8H2,1-4H3. The number of likely N-dealkylation sites (N-methyl/N-ethyl adjacent to an activating group) is 1. The van der Waals surface area contributed by atoms with Crippen molar-refractivity contribution in [2.75, 3.05) is 13.7 Å². The number of hydrogen-bond acceptors (Lipinski definition) is 2. The van der Waals surface area contributed by atoms with Crippen LogP contribution >= 0.6 is 11.6 Å². The fourth-order valence-corrected chi connectivity index (χ4v) is 1.69. The topological polar surface area (TPSA) is 45.5 Å². The Morgan fingerprint density at radius 1 is 1.59 bits per heavy atom. The first-order valence-electron chi connectivity index (χ1n) is 5.58. The minimum Gasteiger partial charge on any atom is -0.394 e. The molecule has 1 N–H and O–H groups in total. The highest BCUT2D eigenvalue weighted by Crippen LogP contribution is 2.19. The van der Waals surface area contributed by atoms with E-state index < -0.39 is 5.54 Å². The highest BCUT2D eigenvalue weighted by Gasteiger charge is 2.29. The average molecular weight is 259 g/mol. The van der Waals surface area contributed by atoms with Crippen molar-refractivity contribution in [2.45, 2.75) is 32.9 Å². The van der Waals surface area contributed by atoms with Crippen LogP contribution in [0.3, 0.4) is 0 Å². The van der Waals surface area contributed by atoms with Gasteiger partial charge in [0.25, 0.3) is 5.91 Å². The van der Waals surface area contributed by atoms with Gasteiger partial charge in [0.05, 0.1) is 17.2 Å². The number of aliphatic hydroxyl groups excluding tert-OH is 1. The van der Waals surface area contributed by atoms with Gasteiger partial charge in [0.1, 0.15) is 5.69 Å². The first-order chi connectivity index (χ1) is 7.83. The molecule has 1 heterocycles. The Kier molecular flexibility index (Phi) is 4.22. The summed E-state index contributed by atoms with van der Waals surface area (Å²) in [5.74, 6) is -0.141. The molecule has 0 aliphatic carbocycles. The summed E-state index contributed by atoms with van der Waals surface area (Å²) in [5.41, 5.74) is -0.0478. The summed E-state index contributed by atoms with van der Waals surface area (Å²) in [6.07, 6.45) is 1.73. The molecule has 0 bridgehead atoms. The number of carbonyl (C=O) groups is 1. The maximum atomic E-state index is 12.3. The molecule has 1 amide bonds. The fraction of sp³-hybridized carbons (Fsp3) is 0.583. The number of nitrogens with zero attached hydrogens (tertiary/aromatic N) is 2. The molecule has 1 aromatic rings. The van der Waals surface area contributed by atoms with Crippen LogP contribution in [0.15, 0.2) is 12.3 Å². The maximum Gasteiger partial charge on any atom is 0.270 e. The highest BCUT2D eigenvalue weighted by molar-refractivity contribution is 6.31. The number of carbonyl (C=O) groups excluding carboxylic acids is 1. The van der Waals surface area contributed by atoms with Gasteiger partial charge in [-0.05, 0) is 26.8 Å². The van der Waals surface area contributed by atoms with Gasteiger partial charge in [-0.3, -0.25) is 4.79 Å². The summed E-state index contributed by atoms with van der Waals surface area (Å²) in [6, 6.07) is 1.65. The molecule has 0 spiro atoms. The molecule has 0 unspecified atom stereocenters. The molecule has 0 aromatic carbocycles. The second-order valence-electron chi connectivity index (χ2n) is 4.66. The summed E-state index contributed by atoms with van der Waals surface area (Å²) in [5, 5.41) is 9.81. The second kappa shape index (κ2) is 5.10. The summed E-state index contributed by atoms with van der Waals surface area (Å²) < 4.78 is 1.80. The van der Waals surface area contributed by atoms with Crippen LogP contribution in [0.2, 0.25) is 5.02 Å². The number of hydrogen-bond donors (Lipinski definition) is 1. The van der Waals surface area contributed by atoms with E-state index in [0.717, 1.165) is 0 Å². The molecule has 0 aliphatic heterocycles. The third-order valence-electron chi connectivity index (χ3n) is 3.02. The van der Waals surface area contributed by atoms with Crippen molar-refractivity contribution in [3.05, 3.63) is 23.0 Å². The largest absolute Gasteiger partial charge is 0.394 e. The molecule has 0 aliphatic rings. The van der Waals surface area contributed by atoms with Gasteiger partial charge in [-0.1, -0.05) is 11.6 Å². The van der Waals surface area contributed by atoms with Gasteiger partial charge >= 0.3 is 0 Å². The van der Waals surface area contributed by atoms with Gasteiger partial charge in [-0.15, -0.1) is 0 Å². The average Bonchev–Trinajstić information content (AvgIpc) is 2.68. The van der Waals surface area contributed by atoms with Crippen molar-refractivity contribution in [3.8, 4) is 0 Å². The molecular formula is C12H19ClN2O2. The van der Waals surface area contributed by atoms with Crippen LogP contribution in [-0.4, -0.2) is 39.7 Å². The van der Waals surface area contributed by atoms with Gasteiger partial charge in [-0.2, -0.15) is 0 Å². The number of aliphatic hydroxyl groups is 1. The Labute approximate surface area is 107 Å². The van der Waals surface area contributed by atoms with Crippen molar-refractivity contribution >= 4 is 17.5 Å². The minimum absolute atomic E-state index is 0.0875. The van der Waals surface area contributed by atoms with E-state index in [2.05, 4.69) is 0 Å². The van der Waals surface area contributed by atoms with Gasteiger partial charge in [0, 0.05) is 19.8 Å². The van der Waals surface area contributed by atoms with E-state index in [1.807, 2.05) is 20.8 Å². The zero-order valence-corrected chi connectivity index (χ0v) is 11.5. The van der Waals surface area contributed by atoms with Crippen molar-refractivity contribution in [2.24, 2.45) is 0 Å². The normalized spacial score (nSPS) is 11.6. The van der Waals surface area contributed by atoms with Crippen molar-refractivity contribution in [3.63, 3.8) is 0 Å². The lowest BCUT2D eigenvalue weighted by molar-refractivity contribution is 0.0463. The van der Waals surface area contributed by atoms with Crippen molar-refractivity contribution in [1.82, 2.24) is 9.47 Å². The number of rotatable bonds is 4. The lowest BCUT2D eigenvalue weighted by Gasteiger charge is -2.34. The predicted molar refractivity (Wildman–Crippen MR) is 68.4 cm³/mol. The van der Waals surface area contributed by atoms with Crippen LogP contribution in [0.25, 0.3) is 0 Å². The van der Waals surface area contributed by atoms with Gasteiger partial charge in [-0.25, -0.2) is 0 Å². The molecule has 1 rings (SSSR count). The Morgan fingerprint density at radius 2 is 2.18 bits per heavy atom. The predicted octanol–water partition coefficient (Wildman–Crippen LogP) is 2.00. The van der Waals surface area contributed by atoms with Gasteiger partial charge < -0.3 is 14.6 Å². The molecule has 0 fully saturated rings. The molecule has 0 radical (unpaired) electrons. The number of aryl methyl sites for hydroxylation is 1. The quantitative estimate of drug-likeness (QED) is 0.898. The molecule has 96 valence electrons. The van der Waals surface area contributed by atoms with E-state index in [-0.39, 0.29) is 12.5 Å². The van der Waals surface area contributed by atoms with E-state index in [4.69, 9.17) is 11.6 Å². The van der Waals surface area contributed by atoms with E-state index in [1.165, 1.54) is 4.90 Å². The minimum atomic E-state index is -0.591. The first kappa shape index (κ1) is 14.1. The Morgan fingerprint density at radius 3 is 2.65 bits per heavy atom. The Balaban J connectivity index is 3.04. The summed E-state index contributed by atoms with van der Waals surface area (Å²) in [4.78, 5) is 13.8. The maximum absolute atomic E-state index is 12.3. The number of halogens is 1. The molecular weight excluding hydrogens is 240 g/mol. The smallest absolute Gasteiger partial charge is 0.270 e. The van der Waals surface area contributed by atoms with Crippen LogP contribution in [-0.2, 0) is 6.54 Å². The first-order valence-corrected chi connectivity index (χ1v) is 5.96. The Bertz CT molecular complexity index is 413. The molecule has 0 saturated heterocycles. The summed E-state index contributed by atoms with van der Waals surface area (Å²) >= 11 is 5.90. The van der Waals surface area contributed by atoms with E-state index >= 15 is 0 Å². The lowest BCUT2D eigenvalue weighted by Crippen LogP contribution is -2.48. The SMILES string of the molecule is CCn1cc(Cl)cc1C(=O)N(C)C(C)(C)CO. The zero-order chi connectivity index (χ0) is 13.2. The summed E-state index contributed by atoms with van der Waals surface area (Å²) in [6.45, 7) is 6.17. The molecule has 1 aromatic heterocycles. The van der Waals surface area contributed by atoms with Crippen molar-refractivity contribution < 1.29 is 9.90 Å². The third-order valence-corrected chi connectivity index (χ3v) is 3.23. The lowest BCUT2D eigenvalue weighted by atomic mass is 10.0. The van der Waals surface area contributed by atoms with Crippen molar-refractivity contribution in [1.29, 1.82) is 0 Å². The van der Waals surface area contributed by atoms with E-state index in [0.29, 0.717) is 17.3 Å². The zero-order valence-electron chi connectivity index (χ0n) is 10.7. The van der Waals surface area contributed by atoms with Gasteiger partial charge in [0.2, 0.25) is 0 Å². The second-order valence-corrected chi connectivity index (χ2v) is 5.10. The molecule has 0 saturated carbocycles. The Hall–Kier alpha value is -1.00. The summed E-state index contributed by atoms with van der Waals surface area (Å²) in [7, 11) is 1.68. The molecule has 0 atom stereocenters. The monoisotopic (exact) mass is 258 g/mol. The number of amides is 1. The molecule has 5 heteroatoms. The molecule has 4 nitrogen and oxygen atoms in total. The third kappa shape index (κ3) is 2.82. The van der Waals surface area contributed by atoms with Gasteiger partial charge in [0.15, 0.2) is 0 Å². The molecule has 17 heavy (non-hydrogen) atoms. The number of aromatic nitrogens is 1. The van der Waals surface area contributed by atoms with E-state index in [1.54, 1.807) is 23.9 Å². The highest BCUT2D eigenvalue weighted by atomic mass is 35.5. The van der Waals surface area contributed by atoms with Crippen LogP contribution in [0.4, 0.5) is 0 Å². The fourth-order valence-electron chi connectivity index (χ4n) is 1.47.